The van der Waals surface area contributed by atoms with Crippen LogP contribution >= 0.6 is 0 Å². The molecule has 17 heavy (non-hydrogen) atoms. The highest BCUT2D eigenvalue weighted by Gasteiger charge is 2.17. The Labute approximate surface area is 100 Å². The van der Waals surface area contributed by atoms with Gasteiger partial charge in [-0.3, -0.25) is 0 Å². The maximum absolute atomic E-state index is 5.34. The van der Waals surface area contributed by atoms with E-state index in [1.165, 1.54) is 12.8 Å². The first-order chi connectivity index (χ1) is 8.40. The predicted molar refractivity (Wildman–Crippen MR) is 67.5 cm³/mol. The molecule has 0 aliphatic carbocycles. The third kappa shape index (κ3) is 1.69. The van der Waals surface area contributed by atoms with Gasteiger partial charge in [0.25, 0.3) is 0 Å². The molecule has 0 saturated carbocycles. The van der Waals surface area contributed by atoms with Crippen LogP contribution in [0.25, 0.3) is 10.9 Å². The van der Waals surface area contributed by atoms with E-state index in [4.69, 9.17) is 4.74 Å². The van der Waals surface area contributed by atoms with Crippen molar-refractivity contribution in [3.8, 4) is 5.75 Å². The zero-order valence-electron chi connectivity index (χ0n) is 9.89. The van der Waals surface area contributed by atoms with E-state index >= 15 is 0 Å². The van der Waals surface area contributed by atoms with Crippen molar-refractivity contribution in [2.24, 2.45) is 0 Å². The maximum atomic E-state index is 5.34. The molecule has 1 aliphatic heterocycles. The van der Waals surface area contributed by atoms with Gasteiger partial charge in [0.2, 0.25) is 0 Å². The number of hydrogen-bond acceptors (Lipinski definition) is 4. The highest BCUT2D eigenvalue weighted by Crippen LogP contribution is 2.30. The van der Waals surface area contributed by atoms with E-state index in [0.29, 0.717) is 0 Å². The van der Waals surface area contributed by atoms with E-state index in [1.807, 2.05) is 12.1 Å². The number of rotatable bonds is 2. The molecule has 2 heterocycles. The predicted octanol–water partition coefficient (Wildman–Crippen LogP) is 2.24. The van der Waals surface area contributed by atoms with Crippen LogP contribution in [0.3, 0.4) is 0 Å². The molecule has 1 aromatic carbocycles. The van der Waals surface area contributed by atoms with Gasteiger partial charge in [-0.25, -0.2) is 9.97 Å². The van der Waals surface area contributed by atoms with Crippen molar-refractivity contribution >= 4 is 16.7 Å². The van der Waals surface area contributed by atoms with Crippen LogP contribution < -0.4 is 9.64 Å². The molecule has 0 amide bonds. The van der Waals surface area contributed by atoms with Crippen LogP contribution in [0.5, 0.6) is 5.75 Å². The summed E-state index contributed by atoms with van der Waals surface area (Å²) in [5.74, 6) is 1.84. The molecule has 88 valence electrons. The highest BCUT2D eigenvalue weighted by molar-refractivity contribution is 5.93. The molecule has 0 bridgehead atoms. The third-order valence-electron chi connectivity index (χ3n) is 3.23. The molecule has 4 heteroatoms. The van der Waals surface area contributed by atoms with Crippen LogP contribution in [0.2, 0.25) is 0 Å². The minimum Gasteiger partial charge on any atom is -0.494 e. The van der Waals surface area contributed by atoms with Crippen LogP contribution in [-0.2, 0) is 0 Å². The largest absolute Gasteiger partial charge is 0.494 e. The van der Waals surface area contributed by atoms with Gasteiger partial charge in [-0.2, -0.15) is 0 Å². The van der Waals surface area contributed by atoms with Crippen LogP contribution in [0, 0.1) is 0 Å². The Morgan fingerprint density at radius 3 is 2.76 bits per heavy atom. The molecule has 0 spiro atoms. The average molecular weight is 229 g/mol. The summed E-state index contributed by atoms with van der Waals surface area (Å²) in [6, 6.07) is 5.98. The van der Waals surface area contributed by atoms with Gasteiger partial charge in [-0.05, 0) is 25.0 Å². The molecule has 0 unspecified atom stereocenters. The fourth-order valence-corrected chi connectivity index (χ4v) is 2.39. The number of anilines is 1. The van der Waals surface area contributed by atoms with E-state index in [0.717, 1.165) is 35.6 Å². The number of hydrogen-bond donors (Lipinski definition) is 0. The second-order valence-electron chi connectivity index (χ2n) is 4.25. The molecule has 2 aromatic rings. The summed E-state index contributed by atoms with van der Waals surface area (Å²) in [5, 5.41) is 1.08. The fraction of sp³-hybridized carbons (Fsp3) is 0.385. The van der Waals surface area contributed by atoms with Crippen LogP contribution in [0.1, 0.15) is 12.8 Å². The van der Waals surface area contributed by atoms with Crippen molar-refractivity contribution in [3.05, 3.63) is 24.5 Å². The molecule has 0 radical (unpaired) electrons. The van der Waals surface area contributed by atoms with E-state index < -0.39 is 0 Å². The highest BCUT2D eigenvalue weighted by atomic mass is 16.5. The van der Waals surface area contributed by atoms with Crippen molar-refractivity contribution in [1.29, 1.82) is 0 Å². The van der Waals surface area contributed by atoms with Crippen molar-refractivity contribution in [3.63, 3.8) is 0 Å². The second kappa shape index (κ2) is 4.20. The Morgan fingerprint density at radius 1 is 1.18 bits per heavy atom. The number of benzene rings is 1. The summed E-state index contributed by atoms with van der Waals surface area (Å²) < 4.78 is 5.34. The van der Waals surface area contributed by atoms with Gasteiger partial charge >= 0.3 is 0 Å². The third-order valence-corrected chi connectivity index (χ3v) is 3.23. The lowest BCUT2D eigenvalue weighted by Crippen LogP contribution is -2.19. The van der Waals surface area contributed by atoms with Crippen molar-refractivity contribution in [2.45, 2.75) is 12.8 Å². The van der Waals surface area contributed by atoms with E-state index in [-0.39, 0.29) is 0 Å². The van der Waals surface area contributed by atoms with Gasteiger partial charge in [-0.15, -0.1) is 0 Å². The summed E-state index contributed by atoms with van der Waals surface area (Å²) in [6.07, 6.45) is 4.11. The Balaban J connectivity index is 2.18. The number of methoxy groups -OCH3 is 1. The Morgan fingerprint density at radius 2 is 2.00 bits per heavy atom. The molecule has 1 saturated heterocycles. The summed E-state index contributed by atoms with van der Waals surface area (Å²) in [6.45, 7) is 2.17. The molecular weight excluding hydrogens is 214 g/mol. The lowest BCUT2D eigenvalue weighted by molar-refractivity contribution is 0.419. The van der Waals surface area contributed by atoms with E-state index in [2.05, 4.69) is 20.9 Å². The first-order valence-electron chi connectivity index (χ1n) is 5.93. The SMILES string of the molecule is COc1cccc2c(N3CCCC3)ncnc12. The van der Waals surface area contributed by atoms with Crippen LogP contribution in [0.15, 0.2) is 24.5 Å². The van der Waals surface area contributed by atoms with Gasteiger partial charge in [0.05, 0.1) is 7.11 Å². The zero-order chi connectivity index (χ0) is 11.7. The molecule has 4 nitrogen and oxygen atoms in total. The first kappa shape index (κ1) is 10.3. The maximum Gasteiger partial charge on any atom is 0.145 e. The summed E-state index contributed by atoms with van der Waals surface area (Å²) >= 11 is 0. The monoisotopic (exact) mass is 229 g/mol. The van der Waals surface area contributed by atoms with Crippen molar-refractivity contribution in [1.82, 2.24) is 9.97 Å². The minimum atomic E-state index is 0.811. The van der Waals surface area contributed by atoms with E-state index in [9.17, 15) is 0 Å². The fourth-order valence-electron chi connectivity index (χ4n) is 2.39. The number of ether oxygens (including phenoxy) is 1. The Hall–Kier alpha value is -1.84. The molecular formula is C13H15N3O. The van der Waals surface area contributed by atoms with Gasteiger partial charge < -0.3 is 9.64 Å². The quantitative estimate of drug-likeness (QED) is 0.791. The molecule has 1 aliphatic rings. The Kier molecular flexibility index (Phi) is 2.55. The summed E-state index contributed by atoms with van der Waals surface area (Å²) in [4.78, 5) is 11.1. The smallest absolute Gasteiger partial charge is 0.145 e. The topological polar surface area (TPSA) is 38.2 Å². The summed E-state index contributed by atoms with van der Waals surface area (Å²) in [5.41, 5.74) is 0.895. The zero-order valence-corrected chi connectivity index (χ0v) is 9.89. The van der Waals surface area contributed by atoms with Crippen LogP contribution in [0.4, 0.5) is 5.82 Å². The molecule has 0 N–H and O–H groups in total. The van der Waals surface area contributed by atoms with Gasteiger partial charge in [-0.1, -0.05) is 6.07 Å². The number of nitrogens with zero attached hydrogens (tertiary/aromatic N) is 3. The van der Waals surface area contributed by atoms with Crippen molar-refractivity contribution < 1.29 is 4.74 Å². The molecule has 3 rings (SSSR count). The van der Waals surface area contributed by atoms with Crippen LogP contribution in [-0.4, -0.2) is 30.2 Å². The Bertz CT molecular complexity index is 535. The van der Waals surface area contributed by atoms with Gasteiger partial charge in [0.15, 0.2) is 0 Å². The number of para-hydroxylation sites is 1. The lowest BCUT2D eigenvalue weighted by atomic mass is 10.2. The summed E-state index contributed by atoms with van der Waals surface area (Å²) in [7, 11) is 1.67. The van der Waals surface area contributed by atoms with E-state index in [1.54, 1.807) is 13.4 Å². The molecule has 1 fully saturated rings. The normalized spacial score (nSPS) is 15.5. The number of fused-ring (bicyclic) bond motifs is 1. The molecule has 0 atom stereocenters. The number of aromatic nitrogens is 2. The van der Waals surface area contributed by atoms with Gasteiger partial charge in [0.1, 0.15) is 23.4 Å². The minimum absolute atomic E-state index is 0.811. The first-order valence-corrected chi connectivity index (χ1v) is 5.93. The molecule has 1 aromatic heterocycles. The second-order valence-corrected chi connectivity index (χ2v) is 4.25. The standard InChI is InChI=1S/C13H15N3O/c1-17-11-6-4-5-10-12(11)14-9-15-13(10)16-7-2-3-8-16/h4-6,9H,2-3,7-8H2,1H3. The lowest BCUT2D eigenvalue weighted by Gasteiger charge is -2.18. The average Bonchev–Trinajstić information content (AvgIpc) is 2.91. The van der Waals surface area contributed by atoms with Crippen molar-refractivity contribution in [2.75, 3.05) is 25.1 Å². The van der Waals surface area contributed by atoms with Gasteiger partial charge in [0, 0.05) is 18.5 Å².